The van der Waals surface area contributed by atoms with Crippen molar-refractivity contribution < 1.29 is 14.6 Å². The fraction of sp³-hybridized carbons (Fsp3) is 0.286. The maximum Gasteiger partial charge on any atom is 0.347 e. The second kappa shape index (κ2) is 3.70. The number of hydrogen-bond acceptors (Lipinski definition) is 5. The van der Waals surface area contributed by atoms with Crippen LogP contribution < -0.4 is 5.56 Å². The predicted molar refractivity (Wildman–Crippen MR) is 42.5 cm³/mol. The first-order valence-electron chi connectivity index (χ1n) is 3.60. The van der Waals surface area contributed by atoms with Crippen molar-refractivity contribution >= 4 is 5.97 Å². The third-order valence-electron chi connectivity index (χ3n) is 1.32. The molecule has 0 atom stereocenters. The molecule has 0 saturated heterocycles. The topological polar surface area (TPSA) is 92.3 Å². The van der Waals surface area contributed by atoms with Gasteiger partial charge in [-0.25, -0.2) is 9.89 Å². The van der Waals surface area contributed by atoms with Crippen LogP contribution in [-0.2, 0) is 4.74 Å². The fourth-order valence-electron chi connectivity index (χ4n) is 0.789. The highest BCUT2D eigenvalue weighted by molar-refractivity contribution is 5.91. The number of nitrogens with one attached hydrogen (secondary N) is 1. The van der Waals surface area contributed by atoms with Gasteiger partial charge in [0, 0.05) is 0 Å². The predicted octanol–water partition coefficient (Wildman–Crippen LogP) is -0.348. The Labute approximate surface area is 73.2 Å². The van der Waals surface area contributed by atoms with E-state index in [-0.39, 0.29) is 6.61 Å². The van der Waals surface area contributed by atoms with Crippen LogP contribution in [0.3, 0.4) is 0 Å². The van der Waals surface area contributed by atoms with Crippen LogP contribution in [0.25, 0.3) is 0 Å². The van der Waals surface area contributed by atoms with Gasteiger partial charge in [-0.3, -0.25) is 4.79 Å². The zero-order valence-electron chi connectivity index (χ0n) is 6.90. The summed E-state index contributed by atoms with van der Waals surface area (Å²) >= 11 is 0. The molecule has 0 spiro atoms. The van der Waals surface area contributed by atoms with Crippen molar-refractivity contribution in [1.82, 2.24) is 10.2 Å². The molecule has 0 fully saturated rings. The van der Waals surface area contributed by atoms with Crippen LogP contribution in [0.4, 0.5) is 0 Å². The van der Waals surface area contributed by atoms with Gasteiger partial charge in [0.25, 0.3) is 5.56 Å². The molecule has 1 aromatic heterocycles. The van der Waals surface area contributed by atoms with E-state index in [1.54, 1.807) is 6.92 Å². The Bertz CT molecular complexity index is 371. The second-order valence-electron chi connectivity index (χ2n) is 2.18. The maximum absolute atomic E-state index is 11.1. The summed E-state index contributed by atoms with van der Waals surface area (Å²) in [6, 6.07) is 0. The molecular weight excluding hydrogens is 176 g/mol. The molecule has 0 radical (unpaired) electrons. The van der Waals surface area contributed by atoms with E-state index in [4.69, 9.17) is 5.11 Å². The minimum absolute atomic E-state index is 0.139. The number of esters is 1. The van der Waals surface area contributed by atoms with E-state index >= 15 is 0 Å². The third kappa shape index (κ3) is 1.84. The van der Waals surface area contributed by atoms with Gasteiger partial charge in [-0.15, -0.1) is 0 Å². The van der Waals surface area contributed by atoms with Crippen molar-refractivity contribution in [2.45, 2.75) is 6.92 Å². The molecule has 0 aromatic carbocycles. The van der Waals surface area contributed by atoms with E-state index < -0.39 is 22.8 Å². The molecule has 0 aliphatic carbocycles. The van der Waals surface area contributed by atoms with Crippen molar-refractivity contribution in [3.63, 3.8) is 0 Å². The molecule has 0 aliphatic rings. The highest BCUT2D eigenvalue weighted by atomic mass is 16.5. The smallest absolute Gasteiger partial charge is 0.347 e. The lowest BCUT2D eigenvalue weighted by Gasteiger charge is -2.01. The molecule has 0 unspecified atom stereocenters. The van der Waals surface area contributed by atoms with Gasteiger partial charge in [0.2, 0.25) is 0 Å². The van der Waals surface area contributed by atoms with Gasteiger partial charge in [-0.05, 0) is 6.92 Å². The Hall–Kier alpha value is -1.85. The maximum atomic E-state index is 11.1. The third-order valence-corrected chi connectivity index (χ3v) is 1.32. The zero-order valence-corrected chi connectivity index (χ0v) is 6.90. The molecule has 1 aromatic rings. The summed E-state index contributed by atoms with van der Waals surface area (Å²) < 4.78 is 4.54. The average molecular weight is 184 g/mol. The van der Waals surface area contributed by atoms with Crippen molar-refractivity contribution in [1.29, 1.82) is 0 Å². The number of aromatic amines is 1. The molecule has 70 valence electrons. The average Bonchev–Trinajstić information content (AvgIpc) is 2.04. The number of hydrogen-bond donors (Lipinski definition) is 2. The van der Waals surface area contributed by atoms with Gasteiger partial charge in [0.1, 0.15) is 0 Å². The van der Waals surface area contributed by atoms with Gasteiger partial charge in [-0.1, -0.05) is 0 Å². The fourth-order valence-corrected chi connectivity index (χ4v) is 0.789. The van der Waals surface area contributed by atoms with Crippen molar-refractivity contribution in [2.75, 3.05) is 6.61 Å². The number of ether oxygens (including phenoxy) is 1. The Morgan fingerprint density at radius 2 is 2.46 bits per heavy atom. The van der Waals surface area contributed by atoms with Gasteiger partial charge in [0.15, 0.2) is 11.3 Å². The summed E-state index contributed by atoms with van der Waals surface area (Å²) in [4.78, 5) is 22.0. The molecule has 0 aliphatic heterocycles. The lowest BCUT2D eigenvalue weighted by Crippen LogP contribution is -2.20. The van der Waals surface area contributed by atoms with E-state index in [2.05, 4.69) is 9.84 Å². The monoisotopic (exact) mass is 184 g/mol. The Balaban J connectivity index is 3.13. The van der Waals surface area contributed by atoms with Gasteiger partial charge in [-0.2, -0.15) is 5.10 Å². The van der Waals surface area contributed by atoms with E-state index in [1.807, 2.05) is 5.10 Å². The largest absolute Gasteiger partial charge is 0.505 e. The molecule has 0 amide bonds. The lowest BCUT2D eigenvalue weighted by atomic mass is 10.3. The van der Waals surface area contributed by atoms with Gasteiger partial charge < -0.3 is 9.84 Å². The Morgan fingerprint density at radius 1 is 1.77 bits per heavy atom. The van der Waals surface area contributed by atoms with E-state index in [0.29, 0.717) is 0 Å². The Morgan fingerprint density at radius 3 is 3.00 bits per heavy atom. The number of H-pyrrole nitrogens is 1. The number of aromatic nitrogens is 2. The van der Waals surface area contributed by atoms with Gasteiger partial charge in [0.05, 0.1) is 12.8 Å². The van der Waals surface area contributed by atoms with Crippen LogP contribution in [0, 0.1) is 0 Å². The summed E-state index contributed by atoms with van der Waals surface area (Å²) in [6.07, 6.45) is 0.966. The summed E-state index contributed by atoms with van der Waals surface area (Å²) in [6.45, 7) is 1.74. The number of carbonyl (C=O) groups is 1. The van der Waals surface area contributed by atoms with Crippen LogP contribution in [0.1, 0.15) is 17.3 Å². The first kappa shape index (κ1) is 9.24. The SMILES string of the molecule is CCOC(=O)c1c(O)cn[nH]c1=O. The standard InChI is InChI=1S/C7H8N2O4/c1-2-13-7(12)5-4(10)3-8-9-6(5)11/h3H,2H2,1H3,(H2,9,10,11). The number of nitrogens with zero attached hydrogens (tertiary/aromatic N) is 1. The number of aromatic hydroxyl groups is 1. The van der Waals surface area contributed by atoms with Crippen molar-refractivity contribution in [3.8, 4) is 5.75 Å². The lowest BCUT2D eigenvalue weighted by molar-refractivity contribution is 0.0520. The molecule has 1 rings (SSSR count). The molecule has 6 heteroatoms. The quantitative estimate of drug-likeness (QED) is 0.613. The number of rotatable bonds is 2. The molecule has 0 bridgehead atoms. The van der Waals surface area contributed by atoms with E-state index in [0.717, 1.165) is 6.20 Å². The van der Waals surface area contributed by atoms with E-state index in [1.165, 1.54) is 0 Å². The Kier molecular flexibility index (Phi) is 2.63. The second-order valence-corrected chi connectivity index (χ2v) is 2.18. The van der Waals surface area contributed by atoms with Crippen LogP contribution in [0.5, 0.6) is 5.75 Å². The first-order valence-corrected chi connectivity index (χ1v) is 3.60. The highest BCUT2D eigenvalue weighted by Crippen LogP contribution is 2.09. The minimum Gasteiger partial charge on any atom is -0.505 e. The van der Waals surface area contributed by atoms with Crippen molar-refractivity contribution in [2.24, 2.45) is 0 Å². The molecule has 1 heterocycles. The first-order chi connectivity index (χ1) is 6.16. The van der Waals surface area contributed by atoms with Crippen molar-refractivity contribution in [3.05, 3.63) is 22.1 Å². The van der Waals surface area contributed by atoms with Crippen LogP contribution in [0.15, 0.2) is 11.0 Å². The summed E-state index contributed by atoms with van der Waals surface area (Å²) in [5.41, 5.74) is -1.18. The molecule has 6 nitrogen and oxygen atoms in total. The minimum atomic E-state index is -0.858. The summed E-state index contributed by atoms with van der Waals surface area (Å²) in [5, 5.41) is 14.4. The van der Waals surface area contributed by atoms with Crippen LogP contribution in [0.2, 0.25) is 0 Å². The zero-order chi connectivity index (χ0) is 9.84. The van der Waals surface area contributed by atoms with Gasteiger partial charge >= 0.3 is 5.97 Å². The number of carbonyl (C=O) groups excluding carboxylic acids is 1. The van der Waals surface area contributed by atoms with Crippen LogP contribution in [-0.4, -0.2) is 27.9 Å². The summed E-state index contributed by atoms with van der Waals surface area (Å²) in [5.74, 6) is -1.34. The normalized spacial score (nSPS) is 9.62. The molecule has 2 N–H and O–H groups in total. The van der Waals surface area contributed by atoms with Crippen LogP contribution >= 0.6 is 0 Å². The van der Waals surface area contributed by atoms with E-state index in [9.17, 15) is 9.59 Å². The summed E-state index contributed by atoms with van der Waals surface area (Å²) in [7, 11) is 0. The molecule has 0 saturated carbocycles. The molecule has 13 heavy (non-hydrogen) atoms. The molecular formula is C7H8N2O4. The highest BCUT2D eigenvalue weighted by Gasteiger charge is 2.16.